The number of carbonyl (C=O) groups excluding carboxylic acids is 2. The summed E-state index contributed by atoms with van der Waals surface area (Å²) in [6.45, 7) is 1.54. The van der Waals surface area contributed by atoms with Gasteiger partial charge in [0, 0.05) is 31.0 Å². The van der Waals surface area contributed by atoms with Crippen molar-refractivity contribution in [2.75, 3.05) is 0 Å². The van der Waals surface area contributed by atoms with E-state index in [2.05, 4.69) is 10.6 Å². The second-order valence-corrected chi connectivity index (χ2v) is 6.31. The fraction of sp³-hybridized carbons (Fsp3) is 0.867. The summed E-state index contributed by atoms with van der Waals surface area (Å²) in [6.07, 6.45) is 7.87. The number of rotatable bonds is 3. The van der Waals surface area contributed by atoms with Crippen molar-refractivity contribution in [1.29, 1.82) is 0 Å². The highest BCUT2D eigenvalue weighted by Crippen LogP contribution is 2.25. The maximum atomic E-state index is 12.3. The molecule has 2 fully saturated rings. The molecule has 114 valence electrons. The fourth-order valence-corrected chi connectivity index (χ4v) is 3.43. The Morgan fingerprint density at radius 3 is 2.20 bits per heavy atom. The molecule has 5 heteroatoms. The first-order valence-corrected chi connectivity index (χ1v) is 7.89. The van der Waals surface area contributed by atoms with Gasteiger partial charge in [-0.2, -0.15) is 0 Å². The highest BCUT2D eigenvalue weighted by molar-refractivity contribution is 5.79. The van der Waals surface area contributed by atoms with Crippen molar-refractivity contribution in [2.45, 2.75) is 76.4 Å². The highest BCUT2D eigenvalue weighted by Gasteiger charge is 2.30. The maximum absolute atomic E-state index is 12.3. The molecule has 4 N–H and O–H groups in total. The van der Waals surface area contributed by atoms with Crippen molar-refractivity contribution < 1.29 is 9.59 Å². The van der Waals surface area contributed by atoms with Gasteiger partial charge >= 0.3 is 0 Å². The molecule has 2 unspecified atom stereocenters. The van der Waals surface area contributed by atoms with Crippen LogP contribution >= 0.6 is 0 Å². The van der Waals surface area contributed by atoms with Gasteiger partial charge in [0.1, 0.15) is 0 Å². The lowest BCUT2D eigenvalue weighted by molar-refractivity contribution is -0.127. The van der Waals surface area contributed by atoms with Crippen LogP contribution in [0.3, 0.4) is 0 Å². The largest absolute Gasteiger partial charge is 0.354 e. The maximum Gasteiger partial charge on any atom is 0.223 e. The molecule has 0 aromatic heterocycles. The molecule has 20 heavy (non-hydrogen) atoms. The summed E-state index contributed by atoms with van der Waals surface area (Å²) in [4.78, 5) is 23.3. The lowest BCUT2D eigenvalue weighted by atomic mass is 9.84. The van der Waals surface area contributed by atoms with Gasteiger partial charge in [-0.25, -0.2) is 0 Å². The van der Waals surface area contributed by atoms with Crippen LogP contribution in [0, 0.1) is 5.92 Å². The monoisotopic (exact) mass is 281 g/mol. The minimum atomic E-state index is 0.0195. The van der Waals surface area contributed by atoms with Gasteiger partial charge in [-0.1, -0.05) is 12.8 Å². The van der Waals surface area contributed by atoms with E-state index in [-0.39, 0.29) is 35.9 Å². The highest BCUT2D eigenvalue weighted by atomic mass is 16.2. The quantitative estimate of drug-likeness (QED) is 0.723. The van der Waals surface area contributed by atoms with Crippen molar-refractivity contribution in [1.82, 2.24) is 10.6 Å². The second kappa shape index (κ2) is 7.07. The van der Waals surface area contributed by atoms with Crippen LogP contribution in [-0.4, -0.2) is 29.9 Å². The Labute approximate surface area is 121 Å². The first-order chi connectivity index (χ1) is 9.56. The van der Waals surface area contributed by atoms with Gasteiger partial charge in [-0.15, -0.1) is 0 Å². The molecule has 2 atom stereocenters. The zero-order chi connectivity index (χ0) is 14.5. The van der Waals surface area contributed by atoms with E-state index in [0.717, 1.165) is 44.9 Å². The Morgan fingerprint density at radius 2 is 1.60 bits per heavy atom. The smallest absolute Gasteiger partial charge is 0.223 e. The zero-order valence-corrected chi connectivity index (χ0v) is 12.4. The van der Waals surface area contributed by atoms with Crippen LogP contribution in [0.2, 0.25) is 0 Å². The summed E-state index contributed by atoms with van der Waals surface area (Å²) in [5.41, 5.74) is 6.07. The molecule has 2 saturated carbocycles. The van der Waals surface area contributed by atoms with Gasteiger partial charge in [0.2, 0.25) is 11.8 Å². The number of carbonyl (C=O) groups is 2. The van der Waals surface area contributed by atoms with Crippen molar-refractivity contribution in [2.24, 2.45) is 11.7 Å². The van der Waals surface area contributed by atoms with Gasteiger partial charge in [0.05, 0.1) is 0 Å². The third-order valence-electron chi connectivity index (χ3n) is 4.65. The Balaban J connectivity index is 1.75. The van der Waals surface area contributed by atoms with Crippen LogP contribution in [0.1, 0.15) is 58.3 Å². The summed E-state index contributed by atoms with van der Waals surface area (Å²) < 4.78 is 0. The molecule has 2 amide bonds. The molecule has 2 rings (SSSR count). The van der Waals surface area contributed by atoms with Crippen molar-refractivity contribution in [3.8, 4) is 0 Å². The van der Waals surface area contributed by atoms with Crippen LogP contribution in [-0.2, 0) is 9.59 Å². The molecule has 0 radical (unpaired) electrons. The Hall–Kier alpha value is -1.10. The predicted molar refractivity (Wildman–Crippen MR) is 77.9 cm³/mol. The molecule has 0 spiro atoms. The summed E-state index contributed by atoms with van der Waals surface area (Å²) in [5, 5.41) is 6.08. The van der Waals surface area contributed by atoms with Crippen LogP contribution in [0.25, 0.3) is 0 Å². The summed E-state index contributed by atoms with van der Waals surface area (Å²) >= 11 is 0. The van der Waals surface area contributed by atoms with Gasteiger partial charge in [-0.3, -0.25) is 9.59 Å². The van der Waals surface area contributed by atoms with Gasteiger partial charge in [0.25, 0.3) is 0 Å². The number of nitrogens with one attached hydrogen (secondary N) is 2. The zero-order valence-electron chi connectivity index (χ0n) is 12.4. The average molecular weight is 281 g/mol. The van der Waals surface area contributed by atoms with E-state index in [4.69, 9.17) is 5.73 Å². The Morgan fingerprint density at radius 1 is 0.950 bits per heavy atom. The predicted octanol–water partition coefficient (Wildman–Crippen LogP) is 1.07. The first kappa shape index (κ1) is 15.3. The fourth-order valence-electron chi connectivity index (χ4n) is 3.43. The third kappa shape index (κ3) is 4.20. The lowest BCUT2D eigenvalue weighted by Crippen LogP contribution is -2.51. The first-order valence-electron chi connectivity index (χ1n) is 7.89. The van der Waals surface area contributed by atoms with E-state index < -0.39 is 0 Å². The van der Waals surface area contributed by atoms with Crippen LogP contribution in [0.15, 0.2) is 0 Å². The van der Waals surface area contributed by atoms with Crippen molar-refractivity contribution in [3.63, 3.8) is 0 Å². The molecule has 0 aromatic carbocycles. The van der Waals surface area contributed by atoms with E-state index in [9.17, 15) is 9.59 Å². The molecule has 2 aliphatic rings. The summed E-state index contributed by atoms with van der Waals surface area (Å²) in [5.74, 6) is 0.272. The normalized spacial score (nSPS) is 34.3. The Bertz CT molecular complexity index is 351. The van der Waals surface area contributed by atoms with E-state index in [1.807, 2.05) is 0 Å². The number of nitrogens with two attached hydrogens (primary N) is 1. The molecule has 0 heterocycles. The molecular formula is C15H27N3O2. The van der Waals surface area contributed by atoms with Crippen molar-refractivity contribution in [3.05, 3.63) is 0 Å². The molecule has 5 nitrogen and oxygen atoms in total. The van der Waals surface area contributed by atoms with E-state index in [1.165, 1.54) is 6.42 Å². The van der Waals surface area contributed by atoms with Gasteiger partial charge in [-0.05, 0) is 38.5 Å². The molecule has 0 aromatic rings. The minimum Gasteiger partial charge on any atom is -0.354 e. The lowest BCUT2D eigenvalue weighted by Gasteiger charge is -2.33. The number of amides is 2. The molecule has 2 aliphatic carbocycles. The number of hydrogen-bond donors (Lipinski definition) is 3. The van der Waals surface area contributed by atoms with Crippen molar-refractivity contribution >= 4 is 11.8 Å². The molecular weight excluding hydrogens is 254 g/mol. The van der Waals surface area contributed by atoms with Gasteiger partial charge < -0.3 is 16.4 Å². The molecule has 0 saturated heterocycles. The van der Waals surface area contributed by atoms with E-state index >= 15 is 0 Å². The van der Waals surface area contributed by atoms with E-state index in [0.29, 0.717) is 0 Å². The summed E-state index contributed by atoms with van der Waals surface area (Å²) in [6, 6.07) is 0.515. The minimum absolute atomic E-state index is 0.0195. The number of hydrogen-bond acceptors (Lipinski definition) is 3. The topological polar surface area (TPSA) is 84.2 Å². The van der Waals surface area contributed by atoms with Gasteiger partial charge in [0.15, 0.2) is 0 Å². The third-order valence-corrected chi connectivity index (χ3v) is 4.65. The molecule has 0 bridgehead atoms. The van der Waals surface area contributed by atoms with E-state index in [1.54, 1.807) is 6.92 Å². The molecule has 0 aliphatic heterocycles. The second-order valence-electron chi connectivity index (χ2n) is 6.31. The van der Waals surface area contributed by atoms with Crippen LogP contribution < -0.4 is 16.4 Å². The summed E-state index contributed by atoms with van der Waals surface area (Å²) in [7, 11) is 0. The van der Waals surface area contributed by atoms with Crippen LogP contribution in [0.5, 0.6) is 0 Å². The van der Waals surface area contributed by atoms with Crippen LogP contribution in [0.4, 0.5) is 0 Å². The average Bonchev–Trinajstić information content (AvgIpc) is 2.41. The standard InChI is InChI=1S/C15H27N3O2/c1-10(19)17-12-8-6-11(7-9-12)15(20)18-14-5-3-2-4-13(14)16/h11-14H,2-9,16H2,1H3,(H,17,19)(H,18,20). The Kier molecular flexibility index (Phi) is 5.40. The SMILES string of the molecule is CC(=O)NC1CCC(C(=O)NC2CCCCC2N)CC1.